The summed E-state index contributed by atoms with van der Waals surface area (Å²) in [6.45, 7) is 4.48. The molecule has 1 aliphatic heterocycles. The summed E-state index contributed by atoms with van der Waals surface area (Å²) in [5, 5.41) is 7.47. The molecule has 1 saturated heterocycles. The smallest absolute Gasteiger partial charge is 0.226 e. The quantitative estimate of drug-likeness (QED) is 0.583. The van der Waals surface area contributed by atoms with Gasteiger partial charge in [0, 0.05) is 31.6 Å². The minimum absolute atomic E-state index is 0.109. The molecule has 1 N–H and O–H groups in total. The Morgan fingerprint density at radius 2 is 1.88 bits per heavy atom. The number of carbonyl (C=O) groups is 1. The summed E-state index contributed by atoms with van der Waals surface area (Å²) in [6.07, 6.45) is 3.93. The van der Waals surface area contributed by atoms with Crippen molar-refractivity contribution in [1.82, 2.24) is 15.1 Å². The van der Waals surface area contributed by atoms with Crippen LogP contribution < -0.4 is 10.1 Å². The van der Waals surface area contributed by atoms with Crippen LogP contribution in [0.4, 0.5) is 0 Å². The molecule has 2 aromatic carbocycles. The number of nitrogens with one attached hydrogen (secondary N) is 1. The maximum Gasteiger partial charge on any atom is 0.226 e. The Bertz CT molecular complexity index is 1050. The number of carbonyl (C=O) groups excluding carboxylic acids is 1. The first-order chi connectivity index (χ1) is 15.6. The molecule has 1 aromatic heterocycles. The molecule has 0 bridgehead atoms. The number of hydrogen-bond acceptors (Lipinski definition) is 4. The summed E-state index contributed by atoms with van der Waals surface area (Å²) in [5.41, 5.74) is 4.02. The van der Waals surface area contributed by atoms with Crippen molar-refractivity contribution in [3.05, 3.63) is 72.1 Å². The van der Waals surface area contributed by atoms with Crippen molar-refractivity contribution in [2.75, 3.05) is 26.9 Å². The molecule has 4 rings (SSSR count). The van der Waals surface area contributed by atoms with Gasteiger partial charge < -0.3 is 14.8 Å². The van der Waals surface area contributed by atoms with Gasteiger partial charge in [0.05, 0.1) is 19.1 Å². The van der Waals surface area contributed by atoms with E-state index >= 15 is 0 Å². The molecule has 1 fully saturated rings. The zero-order valence-electron chi connectivity index (χ0n) is 18.8. The summed E-state index contributed by atoms with van der Waals surface area (Å²) in [4.78, 5) is 13.4. The molecule has 0 unspecified atom stereocenters. The average molecular weight is 434 g/mol. The molecule has 6 nitrogen and oxygen atoms in total. The van der Waals surface area contributed by atoms with Crippen molar-refractivity contribution in [2.45, 2.75) is 32.7 Å². The van der Waals surface area contributed by atoms with Gasteiger partial charge in [0.25, 0.3) is 0 Å². The number of rotatable bonds is 8. The monoisotopic (exact) mass is 433 g/mol. The third kappa shape index (κ3) is 5.02. The normalized spacial score (nSPS) is 15.3. The van der Waals surface area contributed by atoms with Gasteiger partial charge in [-0.1, -0.05) is 36.4 Å². The molecule has 1 aliphatic rings. The van der Waals surface area contributed by atoms with Crippen LogP contribution in [0, 0.1) is 12.3 Å². The summed E-state index contributed by atoms with van der Waals surface area (Å²) >= 11 is 0. The summed E-state index contributed by atoms with van der Waals surface area (Å²) in [7, 11) is 1.68. The van der Waals surface area contributed by atoms with Gasteiger partial charge in [-0.05, 0) is 61.1 Å². The van der Waals surface area contributed by atoms with E-state index in [1.54, 1.807) is 13.3 Å². The number of aryl methyl sites for hydroxylation is 1. The lowest BCUT2D eigenvalue weighted by atomic mass is 9.74. The molecule has 2 heterocycles. The number of hydrogen-bond donors (Lipinski definition) is 1. The third-order valence-corrected chi connectivity index (χ3v) is 6.34. The zero-order chi connectivity index (χ0) is 22.4. The van der Waals surface area contributed by atoms with Crippen LogP contribution in [0.5, 0.6) is 5.75 Å². The second-order valence-corrected chi connectivity index (χ2v) is 8.45. The molecule has 3 aromatic rings. The highest BCUT2D eigenvalue weighted by molar-refractivity contribution is 5.83. The molecular weight excluding hydrogens is 402 g/mol. The van der Waals surface area contributed by atoms with Gasteiger partial charge in [0.2, 0.25) is 5.91 Å². The number of amides is 1. The Morgan fingerprint density at radius 3 is 2.59 bits per heavy atom. The maximum absolute atomic E-state index is 13.4. The first-order valence-electron chi connectivity index (χ1n) is 11.2. The molecular formula is C26H31N3O3. The summed E-state index contributed by atoms with van der Waals surface area (Å²) in [6, 6.07) is 18.5. The van der Waals surface area contributed by atoms with E-state index in [9.17, 15) is 4.79 Å². The van der Waals surface area contributed by atoms with Gasteiger partial charge in [-0.25, -0.2) is 0 Å². The molecule has 0 spiro atoms. The second kappa shape index (κ2) is 10.0. The molecule has 6 heteroatoms. The lowest BCUT2D eigenvalue weighted by Crippen LogP contribution is -2.47. The second-order valence-electron chi connectivity index (χ2n) is 8.45. The number of ether oxygens (including phenoxy) is 2. The standard InChI is InChI=1S/C26H31N3O3/c1-20-9-12-28-29(20)14-13-27-25(30)26(10-15-32-16-11-26)19-21-5-3-6-22(17-21)23-7-4-8-24(18-23)31-2/h3-9,12,17-18H,10-11,13-16,19H2,1-2H3,(H,27,30). The lowest BCUT2D eigenvalue weighted by molar-refractivity contribution is -0.136. The van der Waals surface area contributed by atoms with Crippen molar-refractivity contribution in [1.29, 1.82) is 0 Å². The van der Waals surface area contributed by atoms with Crippen molar-refractivity contribution in [3.63, 3.8) is 0 Å². The zero-order valence-corrected chi connectivity index (χ0v) is 18.8. The van der Waals surface area contributed by atoms with Crippen LogP contribution >= 0.6 is 0 Å². The average Bonchev–Trinajstić information content (AvgIpc) is 3.24. The Labute approximate surface area is 189 Å². The van der Waals surface area contributed by atoms with Gasteiger partial charge in [-0.3, -0.25) is 9.48 Å². The molecule has 0 radical (unpaired) electrons. The molecule has 1 amide bonds. The molecule has 0 saturated carbocycles. The van der Waals surface area contributed by atoms with E-state index in [2.05, 4.69) is 40.7 Å². The number of aromatic nitrogens is 2. The van der Waals surface area contributed by atoms with E-state index in [4.69, 9.17) is 9.47 Å². The van der Waals surface area contributed by atoms with E-state index in [-0.39, 0.29) is 5.91 Å². The predicted molar refractivity (Wildman–Crippen MR) is 125 cm³/mol. The Balaban J connectivity index is 1.49. The first-order valence-corrected chi connectivity index (χ1v) is 11.2. The molecule has 0 aliphatic carbocycles. The van der Waals surface area contributed by atoms with Crippen LogP contribution in [0.15, 0.2) is 60.8 Å². The van der Waals surface area contributed by atoms with Crippen LogP contribution in [-0.2, 0) is 22.5 Å². The first kappa shape index (κ1) is 22.1. The lowest BCUT2D eigenvalue weighted by Gasteiger charge is -2.36. The fraction of sp³-hybridized carbons (Fsp3) is 0.385. The Morgan fingerprint density at radius 1 is 1.12 bits per heavy atom. The number of benzene rings is 2. The van der Waals surface area contributed by atoms with Crippen molar-refractivity contribution < 1.29 is 14.3 Å². The van der Waals surface area contributed by atoms with E-state index < -0.39 is 5.41 Å². The van der Waals surface area contributed by atoms with Gasteiger partial charge in [0.15, 0.2) is 0 Å². The van der Waals surface area contributed by atoms with Crippen LogP contribution in [0.25, 0.3) is 11.1 Å². The minimum Gasteiger partial charge on any atom is -0.497 e. The Kier molecular flexibility index (Phi) is 6.90. The van der Waals surface area contributed by atoms with E-state index in [0.29, 0.717) is 32.7 Å². The minimum atomic E-state index is -0.454. The van der Waals surface area contributed by atoms with Gasteiger partial charge in [-0.2, -0.15) is 5.10 Å². The summed E-state index contributed by atoms with van der Waals surface area (Å²) in [5.74, 6) is 0.943. The van der Waals surface area contributed by atoms with Crippen LogP contribution in [-0.4, -0.2) is 42.6 Å². The SMILES string of the molecule is COc1cccc(-c2cccc(CC3(C(=O)NCCn4nccc4C)CCOCC3)c2)c1. The maximum atomic E-state index is 13.4. The third-order valence-electron chi connectivity index (χ3n) is 6.34. The van der Waals surface area contributed by atoms with Crippen molar-refractivity contribution in [2.24, 2.45) is 5.41 Å². The van der Waals surface area contributed by atoms with Crippen molar-refractivity contribution >= 4 is 5.91 Å². The van der Waals surface area contributed by atoms with Gasteiger partial charge >= 0.3 is 0 Å². The predicted octanol–water partition coefficient (Wildman–Crippen LogP) is 4.02. The van der Waals surface area contributed by atoms with E-state index in [1.807, 2.05) is 35.9 Å². The fourth-order valence-electron chi connectivity index (χ4n) is 4.40. The van der Waals surface area contributed by atoms with Crippen LogP contribution in [0.1, 0.15) is 24.1 Å². The largest absolute Gasteiger partial charge is 0.497 e. The van der Waals surface area contributed by atoms with E-state index in [1.165, 1.54) is 0 Å². The highest BCUT2D eigenvalue weighted by Crippen LogP contribution is 2.36. The number of methoxy groups -OCH3 is 1. The highest BCUT2D eigenvalue weighted by atomic mass is 16.5. The van der Waals surface area contributed by atoms with Crippen LogP contribution in [0.2, 0.25) is 0 Å². The fourth-order valence-corrected chi connectivity index (χ4v) is 4.40. The number of nitrogens with zero attached hydrogens (tertiary/aromatic N) is 2. The van der Waals surface area contributed by atoms with Crippen LogP contribution in [0.3, 0.4) is 0 Å². The van der Waals surface area contributed by atoms with Gasteiger partial charge in [0.1, 0.15) is 5.75 Å². The van der Waals surface area contributed by atoms with E-state index in [0.717, 1.165) is 41.0 Å². The molecule has 32 heavy (non-hydrogen) atoms. The summed E-state index contributed by atoms with van der Waals surface area (Å²) < 4.78 is 12.9. The molecule has 168 valence electrons. The Hall–Kier alpha value is -3.12. The van der Waals surface area contributed by atoms with Gasteiger partial charge in [-0.15, -0.1) is 0 Å². The molecule has 0 atom stereocenters. The topological polar surface area (TPSA) is 65.4 Å². The van der Waals surface area contributed by atoms with Crippen molar-refractivity contribution in [3.8, 4) is 16.9 Å². The highest BCUT2D eigenvalue weighted by Gasteiger charge is 2.40.